The second-order valence-corrected chi connectivity index (χ2v) is 7.73. The molecule has 0 amide bonds. The Hall–Kier alpha value is -0.840. The summed E-state index contributed by atoms with van der Waals surface area (Å²) in [6.45, 7) is 5.83. The summed E-state index contributed by atoms with van der Waals surface area (Å²) < 4.78 is 7.10. The molecule has 112 valence electrons. The average molecular weight is 366 g/mol. The second-order valence-electron chi connectivity index (χ2n) is 5.68. The number of aryl methyl sites for hydroxylation is 2. The quantitative estimate of drug-likeness (QED) is 0.780. The predicted octanol–water partition coefficient (Wildman–Crippen LogP) is 4.96. The highest BCUT2D eigenvalue weighted by Gasteiger charge is 2.20. The van der Waals surface area contributed by atoms with Gasteiger partial charge in [0.25, 0.3) is 0 Å². The second kappa shape index (κ2) is 6.51. The van der Waals surface area contributed by atoms with E-state index in [0.29, 0.717) is 6.61 Å². The topological polar surface area (TPSA) is 21.3 Å². The fourth-order valence-electron chi connectivity index (χ4n) is 2.27. The third-order valence-corrected chi connectivity index (χ3v) is 5.96. The van der Waals surface area contributed by atoms with Crippen LogP contribution in [0.4, 0.5) is 0 Å². The number of hydrogen-bond donors (Lipinski definition) is 1. The number of nitrogens with one attached hydrogen (secondary N) is 1. The fourth-order valence-corrected chi connectivity index (χ4v) is 3.38. The third-order valence-electron chi connectivity index (χ3n) is 3.65. The van der Waals surface area contributed by atoms with E-state index in [2.05, 4.69) is 59.4 Å². The molecule has 0 unspecified atom stereocenters. The van der Waals surface area contributed by atoms with Gasteiger partial charge in [-0.3, -0.25) is 0 Å². The molecule has 0 spiro atoms. The average Bonchev–Trinajstić information content (AvgIpc) is 3.18. The smallest absolute Gasteiger partial charge is 0.122 e. The Morgan fingerprint density at radius 2 is 1.86 bits per heavy atom. The van der Waals surface area contributed by atoms with E-state index in [9.17, 15) is 0 Å². The number of thiophene rings is 1. The molecule has 0 bridgehead atoms. The maximum Gasteiger partial charge on any atom is 0.122 e. The third kappa shape index (κ3) is 4.09. The van der Waals surface area contributed by atoms with E-state index in [1.54, 1.807) is 0 Å². The van der Waals surface area contributed by atoms with Gasteiger partial charge in [-0.2, -0.15) is 0 Å². The molecule has 3 rings (SSSR count). The van der Waals surface area contributed by atoms with Gasteiger partial charge in [0.15, 0.2) is 0 Å². The maximum atomic E-state index is 5.93. The van der Waals surface area contributed by atoms with E-state index in [0.717, 1.165) is 18.3 Å². The molecule has 1 aromatic heterocycles. The first-order valence-electron chi connectivity index (χ1n) is 7.32. The van der Waals surface area contributed by atoms with Crippen LogP contribution in [0.15, 0.2) is 28.7 Å². The SMILES string of the molecule is Cc1cc(OCc2ccc(CNC3CC3)s2)cc(C)c1Br. The number of hydrogen-bond acceptors (Lipinski definition) is 3. The lowest BCUT2D eigenvalue weighted by Crippen LogP contribution is -2.14. The molecule has 1 aliphatic rings. The zero-order chi connectivity index (χ0) is 14.8. The lowest BCUT2D eigenvalue weighted by atomic mass is 10.1. The lowest BCUT2D eigenvalue weighted by molar-refractivity contribution is 0.309. The summed E-state index contributed by atoms with van der Waals surface area (Å²) in [7, 11) is 0. The van der Waals surface area contributed by atoms with Crippen molar-refractivity contribution in [3.8, 4) is 5.75 Å². The summed E-state index contributed by atoms with van der Waals surface area (Å²) in [6.07, 6.45) is 2.67. The van der Waals surface area contributed by atoms with Gasteiger partial charge >= 0.3 is 0 Å². The minimum Gasteiger partial charge on any atom is -0.488 e. The number of ether oxygens (including phenoxy) is 1. The zero-order valence-corrected chi connectivity index (χ0v) is 14.8. The van der Waals surface area contributed by atoms with Crippen LogP contribution in [-0.2, 0) is 13.2 Å². The molecule has 0 radical (unpaired) electrons. The molecule has 1 fully saturated rings. The van der Waals surface area contributed by atoms with Crippen molar-refractivity contribution in [3.63, 3.8) is 0 Å². The van der Waals surface area contributed by atoms with Crippen molar-refractivity contribution in [3.05, 3.63) is 49.6 Å². The van der Waals surface area contributed by atoms with Crippen LogP contribution in [0, 0.1) is 13.8 Å². The first-order valence-corrected chi connectivity index (χ1v) is 8.93. The van der Waals surface area contributed by atoms with Gasteiger partial charge in [0.1, 0.15) is 12.4 Å². The van der Waals surface area contributed by atoms with Crippen LogP contribution in [0.2, 0.25) is 0 Å². The zero-order valence-electron chi connectivity index (χ0n) is 12.4. The van der Waals surface area contributed by atoms with E-state index in [1.807, 2.05) is 11.3 Å². The molecule has 2 nitrogen and oxygen atoms in total. The first-order chi connectivity index (χ1) is 10.1. The maximum absolute atomic E-state index is 5.93. The normalized spacial score (nSPS) is 14.4. The summed E-state index contributed by atoms with van der Waals surface area (Å²) in [4.78, 5) is 2.67. The van der Waals surface area contributed by atoms with Crippen LogP contribution in [0.3, 0.4) is 0 Å². The molecular weight excluding hydrogens is 346 g/mol. The highest BCUT2D eigenvalue weighted by Crippen LogP contribution is 2.27. The van der Waals surface area contributed by atoms with Crippen molar-refractivity contribution in [1.29, 1.82) is 0 Å². The number of rotatable bonds is 6. The van der Waals surface area contributed by atoms with Gasteiger partial charge in [-0.1, -0.05) is 15.9 Å². The van der Waals surface area contributed by atoms with Gasteiger partial charge in [0.2, 0.25) is 0 Å². The summed E-state index contributed by atoms with van der Waals surface area (Å²) >= 11 is 5.42. The number of halogens is 1. The molecule has 1 aromatic carbocycles. The Balaban J connectivity index is 1.56. The van der Waals surface area contributed by atoms with Crippen molar-refractivity contribution in [2.45, 2.75) is 45.9 Å². The monoisotopic (exact) mass is 365 g/mol. The molecule has 1 heterocycles. The minimum atomic E-state index is 0.647. The summed E-state index contributed by atoms with van der Waals surface area (Å²) in [5.74, 6) is 0.944. The van der Waals surface area contributed by atoms with E-state index in [4.69, 9.17) is 4.74 Å². The highest BCUT2D eigenvalue weighted by atomic mass is 79.9. The summed E-state index contributed by atoms with van der Waals surface area (Å²) in [5.41, 5.74) is 2.43. The fraction of sp³-hybridized carbons (Fsp3) is 0.412. The molecule has 21 heavy (non-hydrogen) atoms. The Labute approximate surface area is 138 Å². The molecule has 0 atom stereocenters. The van der Waals surface area contributed by atoms with Crippen molar-refractivity contribution >= 4 is 27.3 Å². The van der Waals surface area contributed by atoms with Gasteiger partial charge in [-0.05, 0) is 62.1 Å². The van der Waals surface area contributed by atoms with E-state index >= 15 is 0 Å². The first kappa shape index (κ1) is 15.1. The van der Waals surface area contributed by atoms with Crippen LogP contribution in [0.5, 0.6) is 5.75 Å². The van der Waals surface area contributed by atoms with Crippen molar-refractivity contribution in [1.82, 2.24) is 5.32 Å². The van der Waals surface area contributed by atoms with Crippen LogP contribution in [-0.4, -0.2) is 6.04 Å². The Morgan fingerprint density at radius 3 is 2.52 bits per heavy atom. The van der Waals surface area contributed by atoms with Crippen molar-refractivity contribution in [2.75, 3.05) is 0 Å². The van der Waals surface area contributed by atoms with Gasteiger partial charge in [-0.25, -0.2) is 0 Å². The molecule has 4 heteroatoms. The highest BCUT2D eigenvalue weighted by molar-refractivity contribution is 9.10. The van der Waals surface area contributed by atoms with Crippen LogP contribution in [0.1, 0.15) is 33.7 Å². The van der Waals surface area contributed by atoms with Gasteiger partial charge in [0.05, 0.1) is 0 Å². The van der Waals surface area contributed by atoms with Gasteiger partial charge < -0.3 is 10.1 Å². The largest absolute Gasteiger partial charge is 0.488 e. The van der Waals surface area contributed by atoms with Crippen LogP contribution in [0.25, 0.3) is 0 Å². The van der Waals surface area contributed by atoms with Crippen molar-refractivity contribution in [2.24, 2.45) is 0 Å². The number of benzene rings is 1. The molecular formula is C17H20BrNOS. The molecule has 0 aliphatic heterocycles. The van der Waals surface area contributed by atoms with Gasteiger partial charge in [0, 0.05) is 26.8 Å². The standard InChI is InChI=1S/C17H20BrNOS/c1-11-7-14(8-12(2)17(11)18)20-10-16-6-5-15(21-16)9-19-13-3-4-13/h5-8,13,19H,3-4,9-10H2,1-2H3. The Bertz CT molecular complexity index is 610. The summed E-state index contributed by atoms with van der Waals surface area (Å²) in [5, 5.41) is 3.55. The molecule has 1 aliphatic carbocycles. The molecule has 1 N–H and O–H groups in total. The van der Waals surface area contributed by atoms with Gasteiger partial charge in [-0.15, -0.1) is 11.3 Å². The van der Waals surface area contributed by atoms with Crippen LogP contribution < -0.4 is 10.1 Å². The van der Waals surface area contributed by atoms with Crippen LogP contribution >= 0.6 is 27.3 Å². The molecule has 2 aromatic rings. The van der Waals surface area contributed by atoms with E-state index in [-0.39, 0.29) is 0 Å². The van der Waals surface area contributed by atoms with E-state index in [1.165, 1.54) is 38.2 Å². The Morgan fingerprint density at radius 1 is 1.19 bits per heavy atom. The Kier molecular flexibility index (Phi) is 4.67. The molecule has 0 saturated heterocycles. The predicted molar refractivity (Wildman–Crippen MR) is 92.1 cm³/mol. The minimum absolute atomic E-state index is 0.647. The van der Waals surface area contributed by atoms with E-state index < -0.39 is 0 Å². The molecule has 1 saturated carbocycles. The summed E-state index contributed by atoms with van der Waals surface area (Å²) in [6, 6.07) is 9.31. The van der Waals surface area contributed by atoms with Crippen molar-refractivity contribution < 1.29 is 4.74 Å². The lowest BCUT2D eigenvalue weighted by Gasteiger charge is -2.09.